The Morgan fingerprint density at radius 1 is 1.15 bits per heavy atom. The monoisotopic (exact) mass is 648 g/mol. The first-order valence-corrected chi connectivity index (χ1v) is 17.0. The molecule has 2 aromatic carbocycles. The quantitative estimate of drug-likeness (QED) is 0.273. The second-order valence-electron chi connectivity index (χ2n) is 14.5. The van der Waals surface area contributed by atoms with Gasteiger partial charge in [-0.2, -0.15) is 9.97 Å². The van der Waals surface area contributed by atoms with Crippen LogP contribution >= 0.6 is 11.6 Å². The van der Waals surface area contributed by atoms with Gasteiger partial charge in [0.15, 0.2) is 5.82 Å². The number of rotatable bonds is 7. The molecule has 4 aliphatic heterocycles. The molecule has 1 saturated carbocycles. The largest absolute Gasteiger partial charge is 0.508 e. The molecule has 4 saturated heterocycles. The van der Waals surface area contributed by atoms with Crippen LogP contribution in [-0.2, 0) is 10.2 Å². The summed E-state index contributed by atoms with van der Waals surface area (Å²) in [5, 5.41) is 11.5. The van der Waals surface area contributed by atoms with Gasteiger partial charge in [-0.05, 0) is 93.2 Å². The van der Waals surface area contributed by atoms with Crippen molar-refractivity contribution in [1.29, 1.82) is 0 Å². The predicted molar refractivity (Wildman–Crippen MR) is 173 cm³/mol. The first-order chi connectivity index (χ1) is 22.1. The Balaban J connectivity index is 1.25. The first-order valence-electron chi connectivity index (χ1n) is 16.6. The third kappa shape index (κ3) is 4.79. The molecular formula is C36H39ClF2N4O3. The van der Waals surface area contributed by atoms with E-state index in [0.29, 0.717) is 53.0 Å². The van der Waals surface area contributed by atoms with Crippen LogP contribution in [0.4, 0.5) is 8.78 Å². The molecular weight excluding hydrogens is 610 g/mol. The Morgan fingerprint density at radius 3 is 2.63 bits per heavy atom. The summed E-state index contributed by atoms with van der Waals surface area (Å²) >= 11 is 6.60. The molecule has 5 heterocycles. The van der Waals surface area contributed by atoms with E-state index in [-0.39, 0.29) is 47.8 Å². The summed E-state index contributed by atoms with van der Waals surface area (Å²) in [6.07, 6.45) is 7.77. The molecule has 1 amide bonds. The van der Waals surface area contributed by atoms with Crippen LogP contribution in [0.25, 0.3) is 22.0 Å². The fraction of sp³-hybridized carbons (Fsp3) is 0.528. The number of fused-ring (bicyclic) bond motifs is 4. The molecule has 4 unspecified atom stereocenters. The lowest BCUT2D eigenvalue weighted by Gasteiger charge is -2.44. The number of benzene rings is 2. The van der Waals surface area contributed by atoms with E-state index < -0.39 is 22.9 Å². The fourth-order valence-corrected chi connectivity index (χ4v) is 9.65. The molecule has 5 fully saturated rings. The third-order valence-electron chi connectivity index (χ3n) is 11.4. The molecule has 1 N–H and O–H groups in total. The molecule has 5 aliphatic rings. The van der Waals surface area contributed by atoms with Crippen LogP contribution < -0.4 is 4.74 Å². The number of ether oxygens (including phenoxy) is 1. The molecule has 1 aromatic heterocycles. The van der Waals surface area contributed by atoms with Gasteiger partial charge in [-0.15, -0.1) is 0 Å². The number of hydrogen-bond donors (Lipinski definition) is 1. The number of phenols is 1. The smallest absolute Gasteiger partial charge is 0.317 e. The normalized spacial score (nSPS) is 30.6. The lowest BCUT2D eigenvalue weighted by atomic mass is 9.72. The number of phenolic OH excluding ortho intramolecular Hbond substituents is 1. The number of hydrogen-bond acceptors (Lipinski definition) is 6. The fourth-order valence-electron chi connectivity index (χ4n) is 9.28. The average molecular weight is 649 g/mol. The van der Waals surface area contributed by atoms with Crippen molar-refractivity contribution in [2.75, 3.05) is 19.7 Å². The molecule has 2 bridgehead atoms. The lowest BCUT2D eigenvalue weighted by Crippen LogP contribution is -2.50. The highest BCUT2D eigenvalue weighted by Gasteiger charge is 2.51. The maximum Gasteiger partial charge on any atom is 0.317 e. The van der Waals surface area contributed by atoms with Crippen molar-refractivity contribution in [1.82, 2.24) is 19.8 Å². The minimum absolute atomic E-state index is 0.0248. The summed E-state index contributed by atoms with van der Waals surface area (Å²) in [6.45, 7) is 7.33. The maximum absolute atomic E-state index is 16.9. The minimum Gasteiger partial charge on any atom is -0.508 e. The zero-order valence-electron chi connectivity index (χ0n) is 26.1. The number of aromatic hydroxyl groups is 1. The molecule has 10 heteroatoms. The number of nitrogens with zero attached hydrogens (tertiary/aromatic N) is 4. The van der Waals surface area contributed by atoms with Gasteiger partial charge in [-0.25, -0.2) is 8.78 Å². The zero-order chi connectivity index (χ0) is 32.0. The summed E-state index contributed by atoms with van der Waals surface area (Å²) in [4.78, 5) is 26.6. The highest BCUT2D eigenvalue weighted by Crippen LogP contribution is 2.51. The summed E-state index contributed by atoms with van der Waals surface area (Å²) in [5.74, 6) is -0.384. The van der Waals surface area contributed by atoms with Gasteiger partial charge in [0.25, 0.3) is 0 Å². The van der Waals surface area contributed by atoms with E-state index in [1.54, 1.807) is 12.1 Å². The number of alkyl halides is 1. The summed E-state index contributed by atoms with van der Waals surface area (Å²) in [5.41, 5.74) is 1.69. The van der Waals surface area contributed by atoms with Crippen LogP contribution in [0.3, 0.4) is 0 Å². The summed E-state index contributed by atoms with van der Waals surface area (Å²) in [7, 11) is 0. The van der Waals surface area contributed by atoms with Crippen molar-refractivity contribution in [3.63, 3.8) is 0 Å². The van der Waals surface area contributed by atoms with Crippen molar-refractivity contribution in [2.24, 2.45) is 0 Å². The number of halogens is 3. The van der Waals surface area contributed by atoms with Crippen molar-refractivity contribution in [3.05, 3.63) is 59.0 Å². The van der Waals surface area contributed by atoms with E-state index in [0.717, 1.165) is 50.6 Å². The van der Waals surface area contributed by atoms with Gasteiger partial charge >= 0.3 is 6.01 Å². The molecule has 3 aromatic rings. The topological polar surface area (TPSA) is 78.8 Å². The highest BCUT2D eigenvalue weighted by atomic mass is 35.5. The summed E-state index contributed by atoms with van der Waals surface area (Å²) in [6, 6.07) is 6.86. The van der Waals surface area contributed by atoms with Gasteiger partial charge in [0.2, 0.25) is 5.91 Å². The molecule has 8 rings (SSSR count). The van der Waals surface area contributed by atoms with Crippen LogP contribution in [0.15, 0.2) is 36.9 Å². The second-order valence-corrected chi connectivity index (χ2v) is 14.9. The van der Waals surface area contributed by atoms with E-state index in [1.165, 1.54) is 12.1 Å². The van der Waals surface area contributed by atoms with E-state index in [4.69, 9.17) is 21.3 Å². The minimum atomic E-state index is -0.899. The van der Waals surface area contributed by atoms with Gasteiger partial charge in [-0.3, -0.25) is 9.69 Å². The molecule has 4 atom stereocenters. The number of amides is 1. The van der Waals surface area contributed by atoms with E-state index >= 15 is 4.39 Å². The third-order valence-corrected chi connectivity index (χ3v) is 11.7. The molecule has 0 radical (unpaired) electrons. The lowest BCUT2D eigenvalue weighted by molar-refractivity contribution is -0.131. The Kier molecular flexibility index (Phi) is 7.11. The van der Waals surface area contributed by atoms with Gasteiger partial charge in [-0.1, -0.05) is 37.2 Å². The van der Waals surface area contributed by atoms with Gasteiger partial charge in [0, 0.05) is 46.4 Å². The van der Waals surface area contributed by atoms with Crippen molar-refractivity contribution in [2.45, 2.75) is 99.8 Å². The van der Waals surface area contributed by atoms with Crippen molar-refractivity contribution < 1.29 is 23.4 Å². The Morgan fingerprint density at radius 2 is 1.91 bits per heavy atom. The van der Waals surface area contributed by atoms with Crippen LogP contribution in [0.2, 0.25) is 5.02 Å². The average Bonchev–Trinajstić information content (AvgIpc) is 3.62. The first kappa shape index (κ1) is 30.1. The molecule has 0 spiro atoms. The van der Waals surface area contributed by atoms with Crippen LogP contribution in [0, 0.1) is 5.82 Å². The Labute approximate surface area is 272 Å². The Bertz CT molecular complexity index is 1750. The summed E-state index contributed by atoms with van der Waals surface area (Å²) < 4.78 is 37.8. The molecule has 242 valence electrons. The van der Waals surface area contributed by atoms with Gasteiger partial charge in [0.1, 0.15) is 24.0 Å². The second kappa shape index (κ2) is 10.9. The van der Waals surface area contributed by atoms with Crippen LogP contribution in [0.5, 0.6) is 11.8 Å². The zero-order valence-corrected chi connectivity index (χ0v) is 26.8. The number of carbonyl (C=O) groups excluding carboxylic acids is 1. The molecule has 1 aliphatic carbocycles. The molecule has 46 heavy (non-hydrogen) atoms. The van der Waals surface area contributed by atoms with Crippen LogP contribution in [0.1, 0.15) is 81.9 Å². The highest BCUT2D eigenvalue weighted by molar-refractivity contribution is 6.32. The van der Waals surface area contributed by atoms with Crippen LogP contribution in [-0.4, -0.2) is 74.3 Å². The number of aromatic nitrogens is 2. The Hall–Kier alpha value is -3.30. The van der Waals surface area contributed by atoms with Gasteiger partial charge in [0.05, 0.1) is 11.2 Å². The van der Waals surface area contributed by atoms with Gasteiger partial charge < -0.3 is 14.7 Å². The molecule has 7 nitrogen and oxygen atoms in total. The van der Waals surface area contributed by atoms with E-state index in [2.05, 4.69) is 23.4 Å². The standard InChI is InChI=1S/C36H39ClF2N4O3/c1-3-29(45)43-22-7-8-23(43)17-35(2,16-22)33-26-10-9-25(27-13-24(44)14-28(37)30(27)20-5-6-20)31(39)32(26)40-34(41-33)46-19-36-11-4-12-42(36)18-21(38)15-36/h3,9-10,13-14,20-23,44H,1,4-8,11-12,15-19H2,2H3. The number of carbonyl (C=O) groups is 1. The van der Waals surface area contributed by atoms with Crippen molar-refractivity contribution >= 4 is 28.4 Å². The number of piperidine rings is 1. The maximum atomic E-state index is 16.9. The van der Waals surface area contributed by atoms with E-state index in [9.17, 15) is 14.3 Å². The van der Waals surface area contributed by atoms with Crippen molar-refractivity contribution in [3.8, 4) is 22.9 Å². The van der Waals surface area contributed by atoms with E-state index in [1.807, 2.05) is 11.0 Å². The predicted octanol–water partition coefficient (Wildman–Crippen LogP) is 7.22. The SMILES string of the molecule is C=CC(=O)N1C2CCC1CC(C)(c1nc(OCC34CCCN3CC(F)C4)nc3c(F)c(-c4cc(O)cc(Cl)c4C4CC4)ccc13)C2.